The van der Waals surface area contributed by atoms with Crippen LogP contribution in [0.25, 0.3) is 0 Å². The maximum Gasteiger partial charge on any atom is 0.289 e. The largest absolute Gasteiger partial charge is 0.459 e. The zero-order chi connectivity index (χ0) is 22.4. The number of nitrogens with one attached hydrogen (secondary N) is 2. The van der Waals surface area contributed by atoms with E-state index in [0.29, 0.717) is 42.3 Å². The molecule has 3 amide bonds. The van der Waals surface area contributed by atoms with E-state index in [1.807, 2.05) is 13.8 Å². The molecule has 1 fully saturated rings. The number of amides is 3. The van der Waals surface area contributed by atoms with E-state index >= 15 is 0 Å². The van der Waals surface area contributed by atoms with Gasteiger partial charge in [-0.3, -0.25) is 14.4 Å². The van der Waals surface area contributed by atoms with Crippen LogP contribution in [0.5, 0.6) is 0 Å². The van der Waals surface area contributed by atoms with E-state index in [2.05, 4.69) is 10.6 Å². The zero-order valence-corrected chi connectivity index (χ0v) is 18.5. The average Bonchev–Trinajstić information content (AvgIpc) is 3.32. The van der Waals surface area contributed by atoms with Crippen LogP contribution in [0.1, 0.15) is 54.0 Å². The van der Waals surface area contributed by atoms with Crippen LogP contribution in [-0.4, -0.2) is 47.8 Å². The Kier molecular flexibility index (Phi) is 7.74. The van der Waals surface area contributed by atoms with Crippen molar-refractivity contribution in [2.24, 2.45) is 5.92 Å². The van der Waals surface area contributed by atoms with Gasteiger partial charge in [-0.25, -0.2) is 0 Å². The molecule has 0 aliphatic carbocycles. The maximum absolute atomic E-state index is 13.0. The molecule has 7 nitrogen and oxygen atoms in total. The molecule has 3 rings (SSSR count). The number of carbonyl (C=O) groups excluding carboxylic acids is 3. The summed E-state index contributed by atoms with van der Waals surface area (Å²) in [6, 6.07) is 9.35. The van der Waals surface area contributed by atoms with Gasteiger partial charge in [-0.1, -0.05) is 30.7 Å². The summed E-state index contributed by atoms with van der Waals surface area (Å²) in [6.07, 6.45) is 3.44. The number of furan rings is 1. The van der Waals surface area contributed by atoms with Gasteiger partial charge in [0, 0.05) is 19.1 Å². The van der Waals surface area contributed by atoms with Crippen molar-refractivity contribution < 1.29 is 18.8 Å². The number of carbonyl (C=O) groups is 3. The van der Waals surface area contributed by atoms with E-state index < -0.39 is 6.04 Å². The second-order valence-corrected chi connectivity index (χ2v) is 8.26. The van der Waals surface area contributed by atoms with Crippen LogP contribution in [0.2, 0.25) is 5.02 Å². The second-order valence-electron chi connectivity index (χ2n) is 7.86. The molecule has 0 bridgehead atoms. The smallest absolute Gasteiger partial charge is 0.289 e. The molecule has 0 unspecified atom stereocenters. The molecule has 0 radical (unpaired) electrons. The van der Waals surface area contributed by atoms with Crippen LogP contribution < -0.4 is 10.6 Å². The third-order valence-electron chi connectivity index (χ3n) is 5.72. The molecule has 2 N–H and O–H groups in total. The SMILES string of the molecule is CC[C@H](C)NC(=O)[C@H](NC(=O)c1ccccc1Cl)C1CCN(C(=O)c2ccco2)CC1. The highest BCUT2D eigenvalue weighted by atomic mass is 35.5. The number of hydrogen-bond donors (Lipinski definition) is 2. The first-order valence-corrected chi connectivity index (χ1v) is 11.0. The summed E-state index contributed by atoms with van der Waals surface area (Å²) in [5, 5.41) is 6.19. The molecule has 1 aliphatic rings. The van der Waals surface area contributed by atoms with Crippen molar-refractivity contribution in [3.05, 3.63) is 59.0 Å². The second kappa shape index (κ2) is 10.5. The fourth-order valence-electron chi connectivity index (χ4n) is 3.69. The van der Waals surface area contributed by atoms with E-state index in [0.717, 1.165) is 6.42 Å². The highest BCUT2D eigenvalue weighted by Crippen LogP contribution is 2.24. The van der Waals surface area contributed by atoms with Crippen LogP contribution in [0.4, 0.5) is 0 Å². The molecule has 1 saturated heterocycles. The van der Waals surface area contributed by atoms with Gasteiger partial charge in [0.1, 0.15) is 6.04 Å². The zero-order valence-electron chi connectivity index (χ0n) is 17.8. The molecule has 2 aromatic rings. The predicted molar refractivity (Wildman–Crippen MR) is 118 cm³/mol. The molecule has 31 heavy (non-hydrogen) atoms. The van der Waals surface area contributed by atoms with Crippen molar-refractivity contribution >= 4 is 29.3 Å². The molecule has 8 heteroatoms. The molecule has 166 valence electrons. The monoisotopic (exact) mass is 445 g/mol. The first-order valence-electron chi connectivity index (χ1n) is 10.6. The fourth-order valence-corrected chi connectivity index (χ4v) is 3.91. The molecule has 1 aliphatic heterocycles. The van der Waals surface area contributed by atoms with Crippen LogP contribution in [0.3, 0.4) is 0 Å². The summed E-state index contributed by atoms with van der Waals surface area (Å²) >= 11 is 6.16. The van der Waals surface area contributed by atoms with Gasteiger partial charge in [-0.2, -0.15) is 0 Å². The topological polar surface area (TPSA) is 91.7 Å². The number of rotatable bonds is 7. The van der Waals surface area contributed by atoms with E-state index in [1.54, 1.807) is 41.3 Å². The third kappa shape index (κ3) is 5.67. The standard InChI is InChI=1S/C23H28ClN3O4/c1-3-15(2)25-22(29)20(26-21(28)17-7-4-5-8-18(17)24)16-10-12-27(13-11-16)23(30)19-9-6-14-31-19/h4-9,14-16,20H,3,10-13H2,1-2H3,(H,25,29)(H,26,28)/t15-,20+/m0/s1. The van der Waals surface area contributed by atoms with Crippen LogP contribution in [0.15, 0.2) is 47.1 Å². The maximum atomic E-state index is 13.0. The van der Waals surface area contributed by atoms with Crippen molar-refractivity contribution in [3.8, 4) is 0 Å². The number of benzene rings is 1. The van der Waals surface area contributed by atoms with Crippen molar-refractivity contribution in [1.82, 2.24) is 15.5 Å². The number of piperidine rings is 1. The predicted octanol–water partition coefficient (Wildman–Crippen LogP) is 3.50. The normalized spacial score (nSPS) is 16.4. The summed E-state index contributed by atoms with van der Waals surface area (Å²) in [4.78, 5) is 40.1. The molecule has 0 saturated carbocycles. The molecule has 2 atom stereocenters. The highest BCUT2D eigenvalue weighted by Gasteiger charge is 2.35. The Morgan fingerprint density at radius 3 is 2.45 bits per heavy atom. The third-order valence-corrected chi connectivity index (χ3v) is 6.05. The first kappa shape index (κ1) is 22.9. The molecule has 0 spiro atoms. The lowest BCUT2D eigenvalue weighted by Crippen LogP contribution is -2.55. The average molecular weight is 446 g/mol. The first-order chi connectivity index (χ1) is 14.9. The van der Waals surface area contributed by atoms with Gasteiger partial charge in [0.05, 0.1) is 16.8 Å². The van der Waals surface area contributed by atoms with Gasteiger partial charge in [-0.05, 0) is 56.4 Å². The van der Waals surface area contributed by atoms with E-state index in [9.17, 15) is 14.4 Å². The van der Waals surface area contributed by atoms with Crippen molar-refractivity contribution in [1.29, 1.82) is 0 Å². The summed E-state index contributed by atoms with van der Waals surface area (Å²) < 4.78 is 5.21. The van der Waals surface area contributed by atoms with E-state index in [1.165, 1.54) is 6.26 Å². The van der Waals surface area contributed by atoms with Gasteiger partial charge < -0.3 is 20.0 Å². The number of hydrogen-bond acceptors (Lipinski definition) is 4. The Morgan fingerprint density at radius 1 is 1.13 bits per heavy atom. The van der Waals surface area contributed by atoms with E-state index in [4.69, 9.17) is 16.0 Å². The number of nitrogens with zero attached hydrogens (tertiary/aromatic N) is 1. The molecule has 2 heterocycles. The Bertz CT molecular complexity index is 907. The van der Waals surface area contributed by atoms with Crippen molar-refractivity contribution in [2.75, 3.05) is 13.1 Å². The molecular formula is C23H28ClN3O4. The summed E-state index contributed by atoms with van der Waals surface area (Å²) in [5.41, 5.74) is 0.330. The van der Waals surface area contributed by atoms with Crippen LogP contribution >= 0.6 is 11.6 Å². The molecular weight excluding hydrogens is 418 g/mol. The lowest BCUT2D eigenvalue weighted by atomic mass is 9.88. The Balaban J connectivity index is 1.71. The Labute approximate surface area is 187 Å². The minimum absolute atomic E-state index is 0.00663. The fraction of sp³-hybridized carbons (Fsp3) is 0.435. The van der Waals surface area contributed by atoms with Crippen LogP contribution in [0, 0.1) is 5.92 Å². The van der Waals surface area contributed by atoms with Crippen LogP contribution in [-0.2, 0) is 4.79 Å². The minimum Gasteiger partial charge on any atom is -0.459 e. The van der Waals surface area contributed by atoms with Gasteiger partial charge in [0.25, 0.3) is 11.8 Å². The van der Waals surface area contributed by atoms with Gasteiger partial charge in [0.15, 0.2) is 5.76 Å². The number of halogens is 1. The lowest BCUT2D eigenvalue weighted by Gasteiger charge is -2.35. The van der Waals surface area contributed by atoms with E-state index in [-0.39, 0.29) is 29.7 Å². The molecule has 1 aromatic carbocycles. The number of likely N-dealkylation sites (tertiary alicyclic amines) is 1. The summed E-state index contributed by atoms with van der Waals surface area (Å²) in [6.45, 7) is 4.88. The van der Waals surface area contributed by atoms with Gasteiger partial charge in [0.2, 0.25) is 5.91 Å². The quantitative estimate of drug-likeness (QED) is 0.682. The van der Waals surface area contributed by atoms with Crippen molar-refractivity contribution in [3.63, 3.8) is 0 Å². The minimum atomic E-state index is -0.710. The Hall–Kier alpha value is -2.80. The lowest BCUT2D eigenvalue weighted by molar-refractivity contribution is -0.125. The van der Waals surface area contributed by atoms with Gasteiger partial charge in [-0.15, -0.1) is 0 Å². The van der Waals surface area contributed by atoms with Gasteiger partial charge >= 0.3 is 0 Å². The summed E-state index contributed by atoms with van der Waals surface area (Å²) in [5.74, 6) is -0.564. The molecule has 1 aromatic heterocycles. The Morgan fingerprint density at radius 2 is 1.84 bits per heavy atom. The highest BCUT2D eigenvalue weighted by molar-refractivity contribution is 6.33. The van der Waals surface area contributed by atoms with Crippen molar-refractivity contribution in [2.45, 2.75) is 45.2 Å². The summed E-state index contributed by atoms with van der Waals surface area (Å²) in [7, 11) is 0.